The van der Waals surface area contributed by atoms with Crippen molar-refractivity contribution in [3.05, 3.63) is 66.9 Å². The van der Waals surface area contributed by atoms with E-state index in [1.807, 2.05) is 24.3 Å². The zero-order valence-corrected chi connectivity index (χ0v) is 20.6. The SMILES string of the molecule is C=CCOCNc1ccccc1Nc1ncc2c(n1)N(CC#N)C(=O)N(c1cc(OC)cc(OC)c1)C2. The van der Waals surface area contributed by atoms with E-state index < -0.39 is 6.03 Å². The quantitative estimate of drug-likeness (QED) is 0.171. The molecule has 190 valence electrons. The number of anilines is 5. The van der Waals surface area contributed by atoms with Crippen molar-refractivity contribution in [1.82, 2.24) is 9.97 Å². The summed E-state index contributed by atoms with van der Waals surface area (Å²) >= 11 is 0. The van der Waals surface area contributed by atoms with Crippen molar-refractivity contribution in [2.24, 2.45) is 0 Å². The summed E-state index contributed by atoms with van der Waals surface area (Å²) in [6.45, 7) is 4.39. The molecule has 11 nitrogen and oxygen atoms in total. The van der Waals surface area contributed by atoms with Crippen molar-refractivity contribution in [3.63, 3.8) is 0 Å². The largest absolute Gasteiger partial charge is 0.497 e. The predicted octanol–water partition coefficient (Wildman–Crippen LogP) is 4.28. The highest BCUT2D eigenvalue weighted by molar-refractivity contribution is 6.06. The van der Waals surface area contributed by atoms with Gasteiger partial charge in [0.25, 0.3) is 0 Å². The fourth-order valence-electron chi connectivity index (χ4n) is 3.78. The third-order valence-electron chi connectivity index (χ3n) is 5.54. The lowest BCUT2D eigenvalue weighted by molar-refractivity contribution is 0.183. The van der Waals surface area contributed by atoms with Crippen molar-refractivity contribution >= 4 is 34.9 Å². The van der Waals surface area contributed by atoms with Crippen LogP contribution in [0, 0.1) is 11.3 Å². The van der Waals surface area contributed by atoms with Crippen LogP contribution in [0.4, 0.5) is 33.6 Å². The van der Waals surface area contributed by atoms with E-state index in [-0.39, 0.29) is 19.0 Å². The Bertz CT molecular complexity index is 1300. The molecule has 2 N–H and O–H groups in total. The van der Waals surface area contributed by atoms with Crippen molar-refractivity contribution in [2.45, 2.75) is 6.54 Å². The Morgan fingerprint density at radius 2 is 1.89 bits per heavy atom. The Balaban J connectivity index is 1.62. The maximum absolute atomic E-state index is 13.5. The lowest BCUT2D eigenvalue weighted by atomic mass is 10.1. The summed E-state index contributed by atoms with van der Waals surface area (Å²) in [7, 11) is 3.08. The molecule has 1 aliphatic rings. The molecule has 1 aliphatic heterocycles. The number of nitrogens with zero attached hydrogens (tertiary/aromatic N) is 5. The molecule has 0 aliphatic carbocycles. The molecule has 1 aromatic heterocycles. The highest BCUT2D eigenvalue weighted by atomic mass is 16.5. The second-order valence-electron chi connectivity index (χ2n) is 7.88. The van der Waals surface area contributed by atoms with Crippen LogP contribution in [0.15, 0.2) is 61.3 Å². The Morgan fingerprint density at radius 1 is 1.16 bits per heavy atom. The highest BCUT2D eigenvalue weighted by Gasteiger charge is 2.33. The number of carbonyl (C=O) groups excluding carboxylic acids is 1. The third kappa shape index (κ3) is 5.71. The fraction of sp³-hybridized carbons (Fsp3) is 0.231. The first-order valence-electron chi connectivity index (χ1n) is 11.4. The van der Waals surface area contributed by atoms with Gasteiger partial charge in [0.2, 0.25) is 5.95 Å². The van der Waals surface area contributed by atoms with Gasteiger partial charge in [0.15, 0.2) is 0 Å². The molecule has 0 atom stereocenters. The van der Waals surface area contributed by atoms with E-state index in [0.717, 1.165) is 11.4 Å². The number of para-hydroxylation sites is 2. The third-order valence-corrected chi connectivity index (χ3v) is 5.54. The van der Waals surface area contributed by atoms with E-state index in [2.05, 4.69) is 33.2 Å². The minimum atomic E-state index is -0.393. The van der Waals surface area contributed by atoms with E-state index >= 15 is 0 Å². The summed E-state index contributed by atoms with van der Waals surface area (Å²) in [5, 5.41) is 15.8. The van der Waals surface area contributed by atoms with Gasteiger partial charge in [-0.25, -0.2) is 9.78 Å². The Morgan fingerprint density at radius 3 is 2.57 bits per heavy atom. The van der Waals surface area contributed by atoms with E-state index in [0.29, 0.717) is 41.9 Å². The second-order valence-corrected chi connectivity index (χ2v) is 7.88. The number of hydrogen-bond donors (Lipinski definition) is 2. The summed E-state index contributed by atoms with van der Waals surface area (Å²) in [4.78, 5) is 25.4. The maximum atomic E-state index is 13.5. The maximum Gasteiger partial charge on any atom is 0.331 e. The average Bonchev–Trinajstić information content (AvgIpc) is 2.93. The number of benzene rings is 2. The Kier molecular flexibility index (Phi) is 8.02. The fourth-order valence-corrected chi connectivity index (χ4v) is 3.78. The van der Waals surface area contributed by atoms with Crippen LogP contribution in [-0.4, -0.2) is 50.1 Å². The number of urea groups is 1. The molecule has 0 spiro atoms. The summed E-state index contributed by atoms with van der Waals surface area (Å²) in [5.41, 5.74) is 2.77. The number of aromatic nitrogens is 2. The van der Waals surface area contributed by atoms with Crippen LogP contribution in [-0.2, 0) is 11.3 Å². The van der Waals surface area contributed by atoms with Gasteiger partial charge in [-0.2, -0.15) is 10.2 Å². The van der Waals surface area contributed by atoms with Crippen LogP contribution in [0.3, 0.4) is 0 Å². The first-order chi connectivity index (χ1) is 18.1. The lowest BCUT2D eigenvalue weighted by Gasteiger charge is -2.35. The number of fused-ring (bicyclic) bond motifs is 1. The molecule has 3 aromatic rings. The van der Waals surface area contributed by atoms with Gasteiger partial charge in [-0.05, 0) is 12.1 Å². The molecule has 0 saturated carbocycles. The van der Waals surface area contributed by atoms with Crippen molar-refractivity contribution in [1.29, 1.82) is 5.26 Å². The van der Waals surface area contributed by atoms with Gasteiger partial charge in [-0.1, -0.05) is 18.2 Å². The zero-order valence-electron chi connectivity index (χ0n) is 20.6. The molecule has 0 unspecified atom stereocenters. The smallest absolute Gasteiger partial charge is 0.331 e. The van der Waals surface area contributed by atoms with Gasteiger partial charge in [0.05, 0.1) is 50.5 Å². The van der Waals surface area contributed by atoms with Crippen molar-refractivity contribution < 1.29 is 19.0 Å². The molecular weight excluding hydrogens is 474 g/mol. The topological polar surface area (TPSA) is 125 Å². The molecule has 0 radical (unpaired) electrons. The van der Waals surface area contributed by atoms with Crippen molar-refractivity contribution in [3.8, 4) is 17.6 Å². The molecule has 0 fully saturated rings. The second kappa shape index (κ2) is 11.7. The van der Waals surface area contributed by atoms with Crippen LogP contribution in [0.1, 0.15) is 5.56 Å². The standard InChI is InChI=1S/C26H27N7O4/c1-4-11-37-17-29-22-7-5-6-8-23(22)30-25-28-15-18-16-33(26(34)32(10-9-27)24(18)31-25)19-12-20(35-2)14-21(13-19)36-3/h4-8,12-15,29H,1,10-11,16-17H2,2-3H3,(H,28,30,31). The zero-order chi connectivity index (χ0) is 26.2. The van der Waals surface area contributed by atoms with E-state index in [1.165, 1.54) is 24.0 Å². The predicted molar refractivity (Wildman–Crippen MR) is 140 cm³/mol. The minimum absolute atomic E-state index is 0.182. The number of rotatable bonds is 11. The molecule has 2 heterocycles. The molecule has 0 saturated heterocycles. The first kappa shape index (κ1) is 25.3. The summed E-state index contributed by atoms with van der Waals surface area (Å²) in [6.07, 6.45) is 3.32. The molecule has 2 amide bonds. The highest BCUT2D eigenvalue weighted by Crippen LogP contribution is 2.35. The van der Waals surface area contributed by atoms with Crippen LogP contribution in [0.5, 0.6) is 11.5 Å². The molecule has 37 heavy (non-hydrogen) atoms. The molecule has 0 bridgehead atoms. The van der Waals surface area contributed by atoms with E-state index in [9.17, 15) is 10.1 Å². The molecule has 2 aromatic carbocycles. The first-order valence-corrected chi connectivity index (χ1v) is 11.4. The van der Waals surface area contributed by atoms with Gasteiger partial charge < -0.3 is 24.8 Å². The minimum Gasteiger partial charge on any atom is -0.497 e. The number of nitriles is 1. The number of carbonyl (C=O) groups is 1. The van der Waals surface area contributed by atoms with Gasteiger partial charge in [-0.3, -0.25) is 9.80 Å². The van der Waals surface area contributed by atoms with Crippen LogP contribution < -0.4 is 29.9 Å². The van der Waals surface area contributed by atoms with Crippen LogP contribution >= 0.6 is 0 Å². The summed E-state index contributed by atoms with van der Waals surface area (Å²) in [6, 6.07) is 14.4. The van der Waals surface area contributed by atoms with Gasteiger partial charge >= 0.3 is 6.03 Å². The van der Waals surface area contributed by atoms with Gasteiger partial charge in [0.1, 0.15) is 30.6 Å². The average molecular weight is 502 g/mol. The summed E-state index contributed by atoms with van der Waals surface area (Å²) in [5.74, 6) is 1.73. The molecular formula is C26H27N7O4. The molecule has 4 rings (SSSR count). The normalized spacial score (nSPS) is 12.4. The monoisotopic (exact) mass is 501 g/mol. The van der Waals surface area contributed by atoms with Crippen LogP contribution in [0.25, 0.3) is 0 Å². The van der Waals surface area contributed by atoms with E-state index in [4.69, 9.17) is 14.2 Å². The number of ether oxygens (including phenoxy) is 3. The van der Waals surface area contributed by atoms with Crippen LogP contribution in [0.2, 0.25) is 0 Å². The number of nitrogens with one attached hydrogen (secondary N) is 2. The lowest BCUT2D eigenvalue weighted by Crippen LogP contribution is -2.48. The van der Waals surface area contributed by atoms with Gasteiger partial charge in [-0.15, -0.1) is 6.58 Å². The van der Waals surface area contributed by atoms with Crippen molar-refractivity contribution in [2.75, 3.05) is 54.5 Å². The van der Waals surface area contributed by atoms with Gasteiger partial charge in [0, 0.05) is 30.0 Å². The van der Waals surface area contributed by atoms with E-state index in [1.54, 1.807) is 30.5 Å². The Hall–Kier alpha value is -4.82. The summed E-state index contributed by atoms with van der Waals surface area (Å²) < 4.78 is 16.1. The number of methoxy groups -OCH3 is 2. The number of amides is 2. The molecule has 11 heteroatoms. The number of hydrogen-bond acceptors (Lipinski definition) is 9. The Labute approximate surface area is 214 Å².